The van der Waals surface area contributed by atoms with Crippen molar-refractivity contribution in [1.82, 2.24) is 9.58 Å². The van der Waals surface area contributed by atoms with E-state index in [1.165, 1.54) is 17.0 Å². The van der Waals surface area contributed by atoms with Crippen molar-refractivity contribution in [1.29, 1.82) is 0 Å². The highest BCUT2D eigenvalue weighted by molar-refractivity contribution is 8.14. The lowest BCUT2D eigenvalue weighted by Gasteiger charge is -2.23. The largest absolute Gasteiger partial charge is 0.497 e. The van der Waals surface area contributed by atoms with E-state index in [1.54, 1.807) is 18.9 Å². The summed E-state index contributed by atoms with van der Waals surface area (Å²) in [6, 6.07) is 10.7. The van der Waals surface area contributed by atoms with E-state index >= 15 is 0 Å². The van der Waals surface area contributed by atoms with Gasteiger partial charge in [-0.3, -0.25) is 4.99 Å². The Balaban J connectivity index is 1.92. The van der Waals surface area contributed by atoms with E-state index < -0.39 is 0 Å². The number of aromatic nitrogens is 1. The maximum absolute atomic E-state index is 5.28. The first-order valence-corrected chi connectivity index (χ1v) is 10.3. The molecule has 1 aliphatic rings. The van der Waals surface area contributed by atoms with E-state index in [-0.39, 0.29) is 0 Å². The topological polar surface area (TPSA) is 42.1 Å². The molecule has 0 fully saturated rings. The van der Waals surface area contributed by atoms with Gasteiger partial charge in [0, 0.05) is 41.5 Å². The highest BCUT2D eigenvalue weighted by Gasteiger charge is 2.22. The lowest BCUT2D eigenvalue weighted by Crippen LogP contribution is -2.29. The van der Waals surface area contributed by atoms with Crippen LogP contribution in [0.15, 0.2) is 40.4 Å². The van der Waals surface area contributed by atoms with Crippen LogP contribution in [0.3, 0.4) is 0 Å². The van der Waals surface area contributed by atoms with Crippen LogP contribution in [0.25, 0.3) is 5.69 Å². The number of benzene rings is 1. The summed E-state index contributed by atoms with van der Waals surface area (Å²) >= 11 is 1.76. The van der Waals surface area contributed by atoms with E-state index in [0.29, 0.717) is 6.04 Å². The monoisotopic (exact) mass is 384 g/mol. The minimum Gasteiger partial charge on any atom is -0.497 e. The Labute approximate surface area is 166 Å². The zero-order chi connectivity index (χ0) is 19.6. The first kappa shape index (κ1) is 19.5. The fourth-order valence-electron chi connectivity index (χ4n) is 3.19. The van der Waals surface area contributed by atoms with Crippen LogP contribution in [0.1, 0.15) is 37.2 Å². The van der Waals surface area contributed by atoms with Gasteiger partial charge in [0.15, 0.2) is 5.17 Å². The van der Waals surface area contributed by atoms with Gasteiger partial charge in [0.1, 0.15) is 5.75 Å². The molecule has 0 saturated carbocycles. The summed E-state index contributed by atoms with van der Waals surface area (Å²) in [4.78, 5) is 4.75. The van der Waals surface area contributed by atoms with Crippen molar-refractivity contribution >= 4 is 22.6 Å². The van der Waals surface area contributed by atoms with Crippen molar-refractivity contribution in [2.45, 2.75) is 40.2 Å². The normalized spacial score (nSPS) is 17.2. The second kappa shape index (κ2) is 8.21. The molecule has 6 heteroatoms. The average Bonchev–Trinajstić information content (AvgIpc) is 2.97. The standard InChI is InChI=1S/C21H28N4OS/c1-7-14(2)22-21-24(5)23-20(13-27-21)19-12-15(3)25(16(19)4)17-8-10-18(26-6)11-9-17/h8-12,14H,7,13H2,1-6H3. The van der Waals surface area contributed by atoms with Gasteiger partial charge in [0.25, 0.3) is 0 Å². The molecule has 1 atom stereocenters. The molecule has 0 amide bonds. The van der Waals surface area contributed by atoms with Crippen molar-refractivity contribution in [3.63, 3.8) is 0 Å². The van der Waals surface area contributed by atoms with E-state index in [1.807, 2.05) is 24.2 Å². The zero-order valence-electron chi connectivity index (χ0n) is 17.0. The summed E-state index contributed by atoms with van der Waals surface area (Å²) in [6.07, 6.45) is 1.04. The van der Waals surface area contributed by atoms with Gasteiger partial charge >= 0.3 is 0 Å². The number of hydrogen-bond donors (Lipinski definition) is 0. The van der Waals surface area contributed by atoms with Gasteiger partial charge in [-0.2, -0.15) is 5.10 Å². The van der Waals surface area contributed by atoms with Gasteiger partial charge in [-0.15, -0.1) is 0 Å². The molecule has 1 aliphatic heterocycles. The van der Waals surface area contributed by atoms with Gasteiger partial charge < -0.3 is 9.30 Å². The fraction of sp³-hybridized carbons (Fsp3) is 0.429. The maximum Gasteiger partial charge on any atom is 0.180 e. The Hall–Kier alpha value is -2.21. The van der Waals surface area contributed by atoms with Crippen LogP contribution >= 0.6 is 11.8 Å². The maximum atomic E-state index is 5.28. The number of aryl methyl sites for hydroxylation is 1. The third-order valence-corrected chi connectivity index (χ3v) is 5.93. The SMILES string of the molecule is CCC(C)N=C1SCC(c2cc(C)n(-c3ccc(OC)cc3)c2C)=NN1C. The molecule has 0 bridgehead atoms. The highest BCUT2D eigenvalue weighted by Crippen LogP contribution is 2.26. The molecular weight excluding hydrogens is 356 g/mol. The second-order valence-electron chi connectivity index (χ2n) is 6.85. The summed E-state index contributed by atoms with van der Waals surface area (Å²) in [6.45, 7) is 8.59. The number of hydrogen-bond acceptors (Lipinski definition) is 4. The zero-order valence-corrected chi connectivity index (χ0v) is 17.8. The Morgan fingerprint density at radius 3 is 2.56 bits per heavy atom. The van der Waals surface area contributed by atoms with Gasteiger partial charge in [-0.05, 0) is 57.5 Å². The highest BCUT2D eigenvalue weighted by atomic mass is 32.2. The molecule has 2 heterocycles. The molecule has 5 nitrogen and oxygen atoms in total. The number of aliphatic imine (C=N–C) groups is 1. The summed E-state index contributed by atoms with van der Waals surface area (Å²) in [5.74, 6) is 1.70. The number of hydrazone groups is 1. The number of methoxy groups -OCH3 is 1. The van der Waals surface area contributed by atoms with Crippen molar-refractivity contribution in [2.24, 2.45) is 10.1 Å². The van der Waals surface area contributed by atoms with Crippen LogP contribution in [0.2, 0.25) is 0 Å². The smallest absolute Gasteiger partial charge is 0.180 e. The Kier molecular flexibility index (Phi) is 5.95. The Morgan fingerprint density at radius 1 is 1.26 bits per heavy atom. The number of amidine groups is 1. The third kappa shape index (κ3) is 4.05. The van der Waals surface area contributed by atoms with Crippen LogP contribution in [-0.2, 0) is 0 Å². The first-order chi connectivity index (χ1) is 12.9. The van der Waals surface area contributed by atoms with Crippen molar-refractivity contribution in [3.05, 3.63) is 47.3 Å². The molecule has 0 aliphatic carbocycles. The Morgan fingerprint density at radius 2 is 1.96 bits per heavy atom. The molecule has 0 spiro atoms. The van der Waals surface area contributed by atoms with E-state index in [2.05, 4.69) is 50.5 Å². The molecule has 1 aromatic heterocycles. The molecule has 2 aromatic rings. The van der Waals surface area contributed by atoms with Crippen molar-refractivity contribution in [3.8, 4) is 11.4 Å². The van der Waals surface area contributed by atoms with Crippen LogP contribution < -0.4 is 4.74 Å². The fourth-order valence-corrected chi connectivity index (χ4v) is 4.16. The molecule has 0 saturated heterocycles. The molecule has 0 N–H and O–H groups in total. The first-order valence-electron chi connectivity index (χ1n) is 9.30. The molecule has 0 radical (unpaired) electrons. The molecule has 1 unspecified atom stereocenters. The third-order valence-electron chi connectivity index (χ3n) is 4.88. The number of nitrogens with zero attached hydrogens (tertiary/aromatic N) is 4. The summed E-state index contributed by atoms with van der Waals surface area (Å²) < 4.78 is 7.54. The van der Waals surface area contributed by atoms with Crippen LogP contribution in [0, 0.1) is 13.8 Å². The van der Waals surface area contributed by atoms with Gasteiger partial charge in [0.2, 0.25) is 0 Å². The second-order valence-corrected chi connectivity index (χ2v) is 7.79. The van der Waals surface area contributed by atoms with E-state index in [0.717, 1.165) is 34.5 Å². The Bertz CT molecular complexity index is 867. The number of ether oxygens (including phenoxy) is 1. The van der Waals surface area contributed by atoms with Crippen LogP contribution in [-0.4, -0.2) is 46.4 Å². The number of rotatable bonds is 5. The predicted molar refractivity (Wildman–Crippen MR) is 116 cm³/mol. The van der Waals surface area contributed by atoms with Gasteiger partial charge in [-0.25, -0.2) is 5.01 Å². The lowest BCUT2D eigenvalue weighted by molar-refractivity contribution is 0.414. The molecule has 27 heavy (non-hydrogen) atoms. The average molecular weight is 385 g/mol. The van der Waals surface area contributed by atoms with Gasteiger partial charge in [0.05, 0.1) is 12.8 Å². The molecule has 1 aromatic carbocycles. The minimum absolute atomic E-state index is 0.326. The summed E-state index contributed by atoms with van der Waals surface area (Å²) in [5.41, 5.74) is 5.83. The summed E-state index contributed by atoms with van der Waals surface area (Å²) in [7, 11) is 3.67. The minimum atomic E-state index is 0.326. The molecule has 3 rings (SSSR count). The predicted octanol–water partition coefficient (Wildman–Crippen LogP) is 4.64. The quantitative estimate of drug-likeness (QED) is 0.754. The molecule has 144 valence electrons. The van der Waals surface area contributed by atoms with E-state index in [9.17, 15) is 0 Å². The van der Waals surface area contributed by atoms with E-state index in [4.69, 9.17) is 14.8 Å². The van der Waals surface area contributed by atoms with Crippen LogP contribution in [0.4, 0.5) is 0 Å². The number of thioether (sulfide) groups is 1. The van der Waals surface area contributed by atoms with Gasteiger partial charge in [-0.1, -0.05) is 18.7 Å². The van der Waals surface area contributed by atoms with Crippen molar-refractivity contribution < 1.29 is 4.74 Å². The molecular formula is C21H28N4OS. The lowest BCUT2D eigenvalue weighted by atomic mass is 10.1. The van der Waals surface area contributed by atoms with Crippen molar-refractivity contribution in [2.75, 3.05) is 19.9 Å². The van der Waals surface area contributed by atoms with Crippen LogP contribution in [0.5, 0.6) is 5.75 Å². The summed E-state index contributed by atoms with van der Waals surface area (Å²) in [5, 5.41) is 7.73.